The summed E-state index contributed by atoms with van der Waals surface area (Å²) in [6, 6.07) is 16.6. The van der Waals surface area contributed by atoms with Crippen LogP contribution in [0, 0.1) is 12.7 Å². The molecule has 5 aromatic rings. The second kappa shape index (κ2) is 8.19. The van der Waals surface area contributed by atoms with Gasteiger partial charge in [-0.1, -0.05) is 24.3 Å². The van der Waals surface area contributed by atoms with Gasteiger partial charge in [-0.25, -0.2) is 9.37 Å². The lowest BCUT2D eigenvalue weighted by Crippen LogP contribution is -1.98. The zero-order chi connectivity index (χ0) is 22.1. The molecule has 0 radical (unpaired) electrons. The lowest BCUT2D eigenvalue weighted by Gasteiger charge is -2.10. The first kappa shape index (κ1) is 19.8. The van der Waals surface area contributed by atoms with Gasteiger partial charge in [-0.3, -0.25) is 4.68 Å². The highest BCUT2D eigenvalue weighted by atomic mass is 19.1. The number of rotatable bonds is 5. The van der Waals surface area contributed by atoms with E-state index in [0.29, 0.717) is 12.5 Å². The van der Waals surface area contributed by atoms with Crippen molar-refractivity contribution in [2.24, 2.45) is 7.05 Å². The molecule has 0 saturated carbocycles. The van der Waals surface area contributed by atoms with Crippen molar-refractivity contribution in [3.05, 3.63) is 90.1 Å². The maximum atomic E-state index is 13.5. The first-order valence-corrected chi connectivity index (χ1v) is 10.2. The summed E-state index contributed by atoms with van der Waals surface area (Å²) >= 11 is 0. The normalized spacial score (nSPS) is 11.1. The molecule has 0 saturated heterocycles. The van der Waals surface area contributed by atoms with Gasteiger partial charge >= 0.3 is 0 Å². The molecule has 0 aliphatic carbocycles. The van der Waals surface area contributed by atoms with Crippen LogP contribution in [0.25, 0.3) is 33.3 Å². The number of nitrogens with zero attached hydrogens (tertiary/aromatic N) is 5. The summed E-state index contributed by atoms with van der Waals surface area (Å²) in [4.78, 5) is 4.74. The predicted octanol–water partition coefficient (Wildman–Crippen LogP) is 5.12. The number of pyridine rings is 1. The Bertz CT molecular complexity index is 1400. The van der Waals surface area contributed by atoms with E-state index in [9.17, 15) is 4.39 Å². The molecule has 0 atom stereocenters. The SMILES string of the molecule is Cc1cc2cc(F)ccc2nc1-c1ccc(COc2nn(C)cc2-c2ccnnc2)cc1. The van der Waals surface area contributed by atoms with Crippen LogP contribution in [-0.2, 0) is 13.7 Å². The zero-order valence-corrected chi connectivity index (χ0v) is 17.7. The van der Waals surface area contributed by atoms with E-state index in [1.54, 1.807) is 23.1 Å². The van der Waals surface area contributed by atoms with E-state index in [1.165, 1.54) is 12.1 Å². The fourth-order valence-corrected chi connectivity index (χ4v) is 3.68. The van der Waals surface area contributed by atoms with Gasteiger partial charge < -0.3 is 4.74 Å². The molecule has 158 valence electrons. The number of hydrogen-bond donors (Lipinski definition) is 0. The molecule has 5 rings (SSSR count). The maximum absolute atomic E-state index is 13.5. The minimum absolute atomic E-state index is 0.257. The van der Waals surface area contributed by atoms with Crippen molar-refractivity contribution in [3.63, 3.8) is 0 Å². The standard InChI is InChI=1S/C25H20FN5O/c1-16-11-20-12-21(26)7-8-23(20)29-24(16)18-5-3-17(4-6-18)15-32-25-22(14-31(2)30-25)19-9-10-27-28-13-19/h3-14H,15H2,1-2H3. The number of fused-ring (bicyclic) bond motifs is 1. The summed E-state index contributed by atoms with van der Waals surface area (Å²) in [6.45, 7) is 2.37. The molecule has 0 N–H and O–H groups in total. The molecule has 32 heavy (non-hydrogen) atoms. The molecular formula is C25H20FN5O. The largest absolute Gasteiger partial charge is 0.471 e. The van der Waals surface area contributed by atoms with E-state index in [-0.39, 0.29) is 5.82 Å². The van der Waals surface area contributed by atoms with E-state index in [2.05, 4.69) is 15.3 Å². The van der Waals surface area contributed by atoms with E-state index >= 15 is 0 Å². The third-order valence-corrected chi connectivity index (χ3v) is 5.26. The Hall–Kier alpha value is -4.13. The minimum Gasteiger partial charge on any atom is -0.471 e. The van der Waals surface area contributed by atoms with Crippen molar-refractivity contribution in [2.45, 2.75) is 13.5 Å². The number of aromatic nitrogens is 5. The smallest absolute Gasteiger partial charge is 0.241 e. The number of ether oxygens (including phenoxy) is 1. The van der Waals surface area contributed by atoms with Crippen molar-refractivity contribution in [1.82, 2.24) is 25.0 Å². The molecule has 0 unspecified atom stereocenters. The van der Waals surface area contributed by atoms with Crippen LogP contribution < -0.4 is 4.74 Å². The van der Waals surface area contributed by atoms with Crippen molar-refractivity contribution in [2.75, 3.05) is 0 Å². The van der Waals surface area contributed by atoms with Gasteiger partial charge in [0, 0.05) is 29.8 Å². The van der Waals surface area contributed by atoms with Gasteiger partial charge in [-0.15, -0.1) is 5.10 Å². The highest BCUT2D eigenvalue weighted by molar-refractivity contribution is 5.83. The molecule has 6 nitrogen and oxygen atoms in total. The molecule has 3 heterocycles. The van der Waals surface area contributed by atoms with Gasteiger partial charge in [-0.05, 0) is 48.4 Å². The Morgan fingerprint density at radius 2 is 1.81 bits per heavy atom. The van der Waals surface area contributed by atoms with Crippen LogP contribution in [0.3, 0.4) is 0 Å². The van der Waals surface area contributed by atoms with Crippen LogP contribution in [0.1, 0.15) is 11.1 Å². The highest BCUT2D eigenvalue weighted by Gasteiger charge is 2.12. The zero-order valence-electron chi connectivity index (χ0n) is 17.7. The summed E-state index contributed by atoms with van der Waals surface area (Å²) in [6.07, 6.45) is 5.23. The molecule has 0 aliphatic heterocycles. The summed E-state index contributed by atoms with van der Waals surface area (Å²) in [7, 11) is 1.85. The number of hydrogen-bond acceptors (Lipinski definition) is 5. The topological polar surface area (TPSA) is 65.7 Å². The summed E-state index contributed by atoms with van der Waals surface area (Å²) in [5.74, 6) is 0.288. The van der Waals surface area contributed by atoms with Crippen LogP contribution >= 0.6 is 0 Å². The second-order valence-corrected chi connectivity index (χ2v) is 7.63. The van der Waals surface area contributed by atoms with Crippen LogP contribution in [0.2, 0.25) is 0 Å². The van der Waals surface area contributed by atoms with Gasteiger partial charge in [0.2, 0.25) is 5.88 Å². The Balaban J connectivity index is 1.36. The third kappa shape index (κ3) is 3.92. The molecule has 0 fully saturated rings. The van der Waals surface area contributed by atoms with E-state index in [1.807, 2.05) is 56.6 Å². The number of aryl methyl sites for hydroxylation is 2. The van der Waals surface area contributed by atoms with Crippen LogP contribution in [0.4, 0.5) is 4.39 Å². The Labute approximate surface area is 184 Å². The number of benzene rings is 2. The van der Waals surface area contributed by atoms with Gasteiger partial charge in [-0.2, -0.15) is 10.2 Å². The molecule has 7 heteroatoms. The van der Waals surface area contributed by atoms with Crippen molar-refractivity contribution >= 4 is 10.9 Å². The predicted molar refractivity (Wildman–Crippen MR) is 120 cm³/mol. The van der Waals surface area contributed by atoms with Gasteiger partial charge in [0.1, 0.15) is 12.4 Å². The summed E-state index contributed by atoms with van der Waals surface area (Å²) in [5.41, 5.74) is 6.43. The maximum Gasteiger partial charge on any atom is 0.241 e. The summed E-state index contributed by atoms with van der Waals surface area (Å²) in [5, 5.41) is 13.0. The number of halogens is 1. The molecule has 0 aliphatic rings. The average Bonchev–Trinajstić information content (AvgIpc) is 3.19. The Kier molecular flexibility index (Phi) is 5.07. The first-order valence-electron chi connectivity index (χ1n) is 10.2. The lowest BCUT2D eigenvalue weighted by molar-refractivity contribution is 0.292. The quantitative estimate of drug-likeness (QED) is 0.391. The van der Waals surface area contributed by atoms with Crippen molar-refractivity contribution in [1.29, 1.82) is 0 Å². The van der Waals surface area contributed by atoms with Gasteiger partial charge in [0.25, 0.3) is 0 Å². The molecule has 3 aromatic heterocycles. The monoisotopic (exact) mass is 425 g/mol. The molecule has 0 amide bonds. The van der Waals surface area contributed by atoms with Crippen molar-refractivity contribution in [3.8, 4) is 28.3 Å². The van der Waals surface area contributed by atoms with E-state index in [4.69, 9.17) is 9.72 Å². The molecule has 0 bridgehead atoms. The van der Waals surface area contributed by atoms with E-state index < -0.39 is 0 Å². The lowest BCUT2D eigenvalue weighted by atomic mass is 10.0. The van der Waals surface area contributed by atoms with Gasteiger partial charge in [0.15, 0.2) is 0 Å². The molecular weight excluding hydrogens is 405 g/mol. The third-order valence-electron chi connectivity index (χ3n) is 5.26. The van der Waals surface area contributed by atoms with E-state index in [0.717, 1.165) is 44.4 Å². The van der Waals surface area contributed by atoms with Crippen LogP contribution in [0.5, 0.6) is 5.88 Å². The summed E-state index contributed by atoms with van der Waals surface area (Å²) < 4.78 is 21.2. The second-order valence-electron chi connectivity index (χ2n) is 7.63. The minimum atomic E-state index is -0.257. The van der Waals surface area contributed by atoms with Gasteiger partial charge in [0.05, 0.1) is 29.2 Å². The fourth-order valence-electron chi connectivity index (χ4n) is 3.68. The van der Waals surface area contributed by atoms with Crippen molar-refractivity contribution < 1.29 is 9.13 Å². The Morgan fingerprint density at radius 3 is 2.59 bits per heavy atom. The first-order chi connectivity index (χ1) is 15.6. The molecule has 0 spiro atoms. The highest BCUT2D eigenvalue weighted by Crippen LogP contribution is 2.29. The average molecular weight is 425 g/mol. The molecule has 2 aromatic carbocycles. The van der Waals surface area contributed by atoms with Crippen LogP contribution in [-0.4, -0.2) is 25.0 Å². The fraction of sp³-hybridized carbons (Fsp3) is 0.120. The van der Waals surface area contributed by atoms with Crippen LogP contribution in [0.15, 0.2) is 73.2 Å². The Morgan fingerprint density at radius 1 is 0.969 bits per heavy atom.